The lowest BCUT2D eigenvalue weighted by atomic mass is 10.1. The third kappa shape index (κ3) is 3.95. The van der Waals surface area contributed by atoms with Gasteiger partial charge in [-0.05, 0) is 24.3 Å². The lowest BCUT2D eigenvalue weighted by molar-refractivity contribution is 0.0963. The van der Waals surface area contributed by atoms with Gasteiger partial charge in [0, 0.05) is 39.8 Å². The molecule has 3 N–H and O–H groups in total. The highest BCUT2D eigenvalue weighted by molar-refractivity contribution is 6.01. The van der Waals surface area contributed by atoms with Crippen LogP contribution in [-0.2, 0) is 6.98 Å². The Hall–Kier alpha value is -4.21. The molecular formula is C21H20FN7O2. The highest BCUT2D eigenvalue weighted by Gasteiger charge is 2.17. The van der Waals surface area contributed by atoms with Crippen molar-refractivity contribution >= 4 is 39.8 Å². The minimum Gasteiger partial charge on any atom is -0.492 e. The molecule has 10 heteroatoms. The fourth-order valence-electron chi connectivity index (χ4n) is 2.99. The van der Waals surface area contributed by atoms with E-state index in [0.29, 0.717) is 5.39 Å². The predicted octanol–water partition coefficient (Wildman–Crippen LogP) is 3.36. The van der Waals surface area contributed by atoms with Gasteiger partial charge in [-0.3, -0.25) is 9.48 Å². The number of methoxy groups -OCH3 is 1. The Morgan fingerprint density at radius 2 is 1.97 bits per heavy atom. The van der Waals surface area contributed by atoms with Gasteiger partial charge >= 0.3 is 0 Å². The molecule has 158 valence electrons. The van der Waals surface area contributed by atoms with Crippen molar-refractivity contribution in [3.05, 3.63) is 60.3 Å². The topological polar surface area (TPSA) is 106 Å². The van der Waals surface area contributed by atoms with E-state index in [1.807, 2.05) is 5.32 Å². The van der Waals surface area contributed by atoms with Crippen LogP contribution in [0.4, 0.5) is 27.4 Å². The average molecular weight is 427 g/mol. The highest BCUT2D eigenvalue weighted by Crippen LogP contribution is 2.36. The SMILES string of the molecule is [2H]C([2H])([2H])NC(=O)c1cnc(Nc2ccc(F)cn2)cc1Nc1ccc2cnn(C([2H])([2H])[2H])c2c1OC. The first kappa shape index (κ1) is 13.9. The molecule has 0 spiro atoms. The van der Waals surface area contributed by atoms with Gasteiger partial charge in [-0.25, -0.2) is 14.4 Å². The third-order valence-corrected chi connectivity index (χ3v) is 4.41. The monoisotopic (exact) mass is 427 g/mol. The number of aryl methyl sites for hydroxylation is 1. The maximum atomic E-state index is 13.2. The van der Waals surface area contributed by atoms with E-state index in [2.05, 4.69) is 25.7 Å². The van der Waals surface area contributed by atoms with Crippen LogP contribution >= 0.6 is 0 Å². The summed E-state index contributed by atoms with van der Waals surface area (Å²) in [6.45, 7) is -5.35. The van der Waals surface area contributed by atoms with Gasteiger partial charge in [0.2, 0.25) is 0 Å². The van der Waals surface area contributed by atoms with Crippen LogP contribution in [0.25, 0.3) is 10.9 Å². The number of benzene rings is 1. The number of hydrogen-bond donors (Lipinski definition) is 3. The normalized spacial score (nSPS) is 14.4. The number of carbonyl (C=O) groups is 1. The standard InChI is InChI=1S/C21H20FN7O2/c1-23-21(30)14-11-25-18(28-17-7-5-13(22)10-24-17)8-16(14)27-15-6-4-12-9-26-29(2)19(12)20(15)31-3/h4-11H,1-3H3,(H,23,30)(H2,24,25,27,28)/i1D3,2D3. The number of amides is 1. The van der Waals surface area contributed by atoms with Crippen LogP contribution in [-0.4, -0.2) is 39.7 Å². The van der Waals surface area contributed by atoms with E-state index in [1.54, 1.807) is 12.1 Å². The van der Waals surface area contributed by atoms with Gasteiger partial charge in [-0.2, -0.15) is 5.10 Å². The number of pyridine rings is 2. The molecule has 3 aromatic heterocycles. The molecule has 0 aliphatic carbocycles. The van der Waals surface area contributed by atoms with Crippen LogP contribution in [0.15, 0.2) is 48.9 Å². The average Bonchev–Trinajstić information content (AvgIpc) is 3.24. The molecule has 0 aliphatic rings. The van der Waals surface area contributed by atoms with E-state index in [-0.39, 0.29) is 39.8 Å². The van der Waals surface area contributed by atoms with Crippen molar-refractivity contribution in [1.29, 1.82) is 0 Å². The van der Waals surface area contributed by atoms with Crippen molar-refractivity contribution in [3.63, 3.8) is 0 Å². The Morgan fingerprint density at radius 1 is 1.10 bits per heavy atom. The van der Waals surface area contributed by atoms with Crippen molar-refractivity contribution < 1.29 is 22.1 Å². The van der Waals surface area contributed by atoms with Crippen molar-refractivity contribution in [3.8, 4) is 5.75 Å². The van der Waals surface area contributed by atoms with Crippen molar-refractivity contribution in [2.45, 2.75) is 0 Å². The van der Waals surface area contributed by atoms with E-state index in [9.17, 15) is 9.18 Å². The lowest BCUT2D eigenvalue weighted by Gasteiger charge is -2.16. The summed E-state index contributed by atoms with van der Waals surface area (Å²) in [7, 11) is 1.35. The van der Waals surface area contributed by atoms with Crippen LogP contribution in [0.5, 0.6) is 5.75 Å². The first-order valence-corrected chi connectivity index (χ1v) is 8.89. The maximum Gasteiger partial charge on any atom is 0.254 e. The van der Waals surface area contributed by atoms with Gasteiger partial charge in [-0.1, -0.05) is 0 Å². The second kappa shape index (κ2) is 8.27. The third-order valence-electron chi connectivity index (χ3n) is 4.41. The summed E-state index contributed by atoms with van der Waals surface area (Å²) in [4.78, 5) is 20.8. The van der Waals surface area contributed by atoms with Crippen LogP contribution in [0.1, 0.15) is 18.6 Å². The van der Waals surface area contributed by atoms with E-state index in [0.717, 1.165) is 17.1 Å². The second-order valence-electron chi connectivity index (χ2n) is 6.32. The molecule has 0 aliphatic heterocycles. The second-order valence-corrected chi connectivity index (χ2v) is 6.32. The number of anilines is 4. The predicted molar refractivity (Wildman–Crippen MR) is 116 cm³/mol. The molecule has 0 bridgehead atoms. The molecule has 4 aromatic rings. The summed E-state index contributed by atoms with van der Waals surface area (Å²) in [5.41, 5.74) is 0.434. The molecule has 0 saturated heterocycles. The first-order valence-electron chi connectivity index (χ1n) is 11.9. The summed E-state index contributed by atoms with van der Waals surface area (Å²) in [5, 5.41) is 12.2. The number of nitrogens with one attached hydrogen (secondary N) is 3. The molecule has 4 rings (SSSR count). The van der Waals surface area contributed by atoms with Gasteiger partial charge in [0.1, 0.15) is 23.0 Å². The smallest absolute Gasteiger partial charge is 0.254 e. The molecule has 31 heavy (non-hydrogen) atoms. The van der Waals surface area contributed by atoms with Gasteiger partial charge in [0.05, 0.1) is 36.4 Å². The van der Waals surface area contributed by atoms with Crippen LogP contribution in [0, 0.1) is 5.82 Å². The zero-order valence-corrected chi connectivity index (χ0v) is 16.1. The van der Waals surface area contributed by atoms with Gasteiger partial charge in [0.25, 0.3) is 5.91 Å². The number of fused-ring (bicyclic) bond motifs is 1. The summed E-state index contributed by atoms with van der Waals surface area (Å²) < 4.78 is 64.9. The summed E-state index contributed by atoms with van der Waals surface area (Å²) >= 11 is 0. The van der Waals surface area contributed by atoms with E-state index < -0.39 is 25.7 Å². The maximum absolute atomic E-state index is 13.2. The van der Waals surface area contributed by atoms with E-state index >= 15 is 0 Å². The molecule has 0 fully saturated rings. The number of aromatic nitrogens is 4. The number of carbonyl (C=O) groups excluding carboxylic acids is 1. The Morgan fingerprint density at radius 3 is 2.71 bits per heavy atom. The van der Waals surface area contributed by atoms with Crippen molar-refractivity contribution in [2.75, 3.05) is 24.7 Å². The summed E-state index contributed by atoms with van der Waals surface area (Å²) in [5.74, 6) is -0.884. The Bertz CT molecular complexity index is 1460. The number of hydrogen-bond acceptors (Lipinski definition) is 7. The minimum absolute atomic E-state index is 0.110. The number of rotatable bonds is 6. The molecule has 0 atom stereocenters. The zero-order valence-electron chi connectivity index (χ0n) is 22.1. The fourth-order valence-corrected chi connectivity index (χ4v) is 2.99. The summed E-state index contributed by atoms with van der Waals surface area (Å²) in [6, 6.07) is 7.19. The molecule has 0 radical (unpaired) electrons. The fraction of sp³-hybridized carbons (Fsp3) is 0.143. The van der Waals surface area contributed by atoms with E-state index in [4.69, 9.17) is 13.0 Å². The molecule has 1 amide bonds. The number of halogens is 1. The van der Waals surface area contributed by atoms with Crippen molar-refractivity contribution in [1.82, 2.24) is 25.1 Å². The Kier molecular flexibility index (Phi) is 3.71. The molecule has 3 heterocycles. The molecule has 1 aromatic carbocycles. The Balaban J connectivity index is 1.80. The first-order chi connectivity index (χ1) is 17.4. The van der Waals surface area contributed by atoms with Gasteiger partial charge in [0.15, 0.2) is 5.75 Å². The zero-order chi connectivity index (χ0) is 27.0. The molecule has 0 saturated carbocycles. The highest BCUT2D eigenvalue weighted by atomic mass is 19.1. The van der Waals surface area contributed by atoms with Crippen molar-refractivity contribution in [2.24, 2.45) is 6.98 Å². The van der Waals surface area contributed by atoms with Gasteiger partial charge in [-0.15, -0.1) is 0 Å². The van der Waals surface area contributed by atoms with Crippen LogP contribution in [0.3, 0.4) is 0 Å². The summed E-state index contributed by atoms with van der Waals surface area (Å²) in [6.07, 6.45) is 3.54. The number of ether oxygens (including phenoxy) is 1. The molecule has 0 unspecified atom stereocenters. The number of nitrogens with zero attached hydrogens (tertiary/aromatic N) is 4. The largest absolute Gasteiger partial charge is 0.492 e. The quantitative estimate of drug-likeness (QED) is 0.433. The lowest BCUT2D eigenvalue weighted by Crippen LogP contribution is -2.19. The van der Waals surface area contributed by atoms with E-state index in [1.165, 1.54) is 31.5 Å². The van der Waals surface area contributed by atoms with Crippen LogP contribution < -0.4 is 20.7 Å². The molecule has 9 nitrogen and oxygen atoms in total. The van der Waals surface area contributed by atoms with Gasteiger partial charge < -0.3 is 20.7 Å². The Labute approximate surface area is 185 Å². The minimum atomic E-state index is -2.76. The molecular weight excluding hydrogens is 401 g/mol. The van der Waals surface area contributed by atoms with Crippen LogP contribution in [0.2, 0.25) is 0 Å².